The Labute approximate surface area is 133 Å². The van der Waals surface area contributed by atoms with Crippen molar-refractivity contribution in [2.24, 2.45) is 0 Å². The van der Waals surface area contributed by atoms with E-state index in [1.54, 1.807) is 24.3 Å². The maximum atomic E-state index is 11.9. The summed E-state index contributed by atoms with van der Waals surface area (Å²) in [5.41, 5.74) is 1.30. The van der Waals surface area contributed by atoms with E-state index in [0.29, 0.717) is 21.6 Å². The quantitative estimate of drug-likeness (QED) is 0.751. The summed E-state index contributed by atoms with van der Waals surface area (Å²) in [4.78, 5) is 11.9. The molecule has 0 aliphatic heterocycles. The highest BCUT2D eigenvalue weighted by Gasteiger charge is 2.17. The molecule has 21 heavy (non-hydrogen) atoms. The number of H-pyrrole nitrogens is 1. The molecular formula is C14H16Cl2N4O. The highest BCUT2D eigenvalue weighted by Crippen LogP contribution is 2.26. The number of urea groups is 1. The van der Waals surface area contributed by atoms with Crippen molar-refractivity contribution in [3.63, 3.8) is 0 Å². The lowest BCUT2D eigenvalue weighted by Crippen LogP contribution is -2.19. The van der Waals surface area contributed by atoms with Gasteiger partial charge < -0.3 is 5.32 Å². The number of hydrogen-bond acceptors (Lipinski definition) is 2. The van der Waals surface area contributed by atoms with E-state index in [1.807, 2.05) is 0 Å². The number of benzene rings is 1. The molecule has 0 aliphatic rings. The van der Waals surface area contributed by atoms with Gasteiger partial charge in [0.2, 0.25) is 0 Å². The number of rotatable bonds is 2. The van der Waals surface area contributed by atoms with Crippen molar-refractivity contribution >= 4 is 40.7 Å². The summed E-state index contributed by atoms with van der Waals surface area (Å²) in [5.74, 6) is 0.440. The number of nitrogens with zero attached hydrogens (tertiary/aromatic N) is 1. The monoisotopic (exact) mass is 326 g/mol. The Kier molecular flexibility index (Phi) is 4.44. The molecule has 3 N–H and O–H groups in total. The summed E-state index contributed by atoms with van der Waals surface area (Å²) in [6.45, 7) is 6.16. The van der Waals surface area contributed by atoms with Crippen molar-refractivity contribution in [1.82, 2.24) is 10.2 Å². The number of aromatic nitrogens is 2. The number of carbonyl (C=O) groups is 1. The van der Waals surface area contributed by atoms with Gasteiger partial charge in [0.15, 0.2) is 5.82 Å². The molecular weight excluding hydrogens is 311 g/mol. The molecule has 1 aromatic carbocycles. The zero-order valence-electron chi connectivity index (χ0n) is 11.9. The van der Waals surface area contributed by atoms with Gasteiger partial charge in [-0.3, -0.25) is 10.4 Å². The Bertz CT molecular complexity index is 661. The van der Waals surface area contributed by atoms with Gasteiger partial charge in [-0.25, -0.2) is 4.79 Å². The molecule has 0 unspecified atom stereocenters. The lowest BCUT2D eigenvalue weighted by atomic mass is 9.92. The summed E-state index contributed by atoms with van der Waals surface area (Å²) in [5, 5.41) is 13.1. The zero-order chi connectivity index (χ0) is 15.6. The van der Waals surface area contributed by atoms with E-state index in [2.05, 4.69) is 41.6 Å². The largest absolute Gasteiger partial charge is 0.324 e. The van der Waals surface area contributed by atoms with Crippen LogP contribution >= 0.6 is 23.2 Å². The van der Waals surface area contributed by atoms with Gasteiger partial charge in [-0.05, 0) is 18.2 Å². The summed E-state index contributed by atoms with van der Waals surface area (Å²) >= 11 is 11.9. The molecule has 0 radical (unpaired) electrons. The third-order valence-corrected chi connectivity index (χ3v) is 3.37. The van der Waals surface area contributed by atoms with Crippen molar-refractivity contribution in [1.29, 1.82) is 0 Å². The van der Waals surface area contributed by atoms with Crippen LogP contribution in [0.1, 0.15) is 26.5 Å². The van der Waals surface area contributed by atoms with Crippen LogP contribution in [0.3, 0.4) is 0 Å². The van der Waals surface area contributed by atoms with Crippen LogP contribution in [0.15, 0.2) is 24.3 Å². The molecule has 7 heteroatoms. The van der Waals surface area contributed by atoms with Gasteiger partial charge in [-0.2, -0.15) is 5.10 Å². The van der Waals surface area contributed by atoms with Gasteiger partial charge in [0.25, 0.3) is 0 Å². The van der Waals surface area contributed by atoms with E-state index >= 15 is 0 Å². The molecule has 0 saturated carbocycles. The average molecular weight is 327 g/mol. The fourth-order valence-electron chi connectivity index (χ4n) is 1.63. The van der Waals surface area contributed by atoms with E-state index < -0.39 is 6.03 Å². The van der Waals surface area contributed by atoms with Crippen molar-refractivity contribution < 1.29 is 4.79 Å². The maximum absolute atomic E-state index is 11.9. The highest BCUT2D eigenvalue weighted by molar-refractivity contribution is 6.35. The first kappa shape index (κ1) is 15.7. The molecule has 2 amide bonds. The Balaban J connectivity index is 2.05. The van der Waals surface area contributed by atoms with E-state index in [0.717, 1.165) is 5.69 Å². The zero-order valence-corrected chi connectivity index (χ0v) is 13.4. The smallest absolute Gasteiger partial charge is 0.306 e. The van der Waals surface area contributed by atoms with Gasteiger partial charge in [0.1, 0.15) is 0 Å². The number of carbonyl (C=O) groups excluding carboxylic acids is 1. The second kappa shape index (κ2) is 5.95. The molecule has 0 bridgehead atoms. The molecule has 0 atom stereocenters. The molecule has 112 valence electrons. The van der Waals surface area contributed by atoms with Crippen LogP contribution in [0.2, 0.25) is 10.0 Å². The van der Waals surface area contributed by atoms with Gasteiger partial charge in [0, 0.05) is 22.2 Å². The van der Waals surface area contributed by atoms with Crippen LogP contribution in [0.25, 0.3) is 0 Å². The van der Waals surface area contributed by atoms with Gasteiger partial charge in [-0.15, -0.1) is 0 Å². The average Bonchev–Trinajstić information content (AvgIpc) is 2.82. The Morgan fingerprint density at radius 2 is 1.90 bits per heavy atom. The second-order valence-corrected chi connectivity index (χ2v) is 6.46. The molecule has 0 fully saturated rings. The number of aromatic amines is 1. The van der Waals surface area contributed by atoms with E-state index in [-0.39, 0.29) is 5.41 Å². The van der Waals surface area contributed by atoms with Crippen LogP contribution in [-0.4, -0.2) is 16.2 Å². The molecule has 0 spiro atoms. The topological polar surface area (TPSA) is 69.8 Å². The first-order chi connectivity index (χ1) is 9.75. The van der Waals surface area contributed by atoms with Crippen LogP contribution in [0.4, 0.5) is 16.3 Å². The van der Waals surface area contributed by atoms with Crippen LogP contribution in [-0.2, 0) is 5.41 Å². The molecule has 1 aromatic heterocycles. The van der Waals surface area contributed by atoms with E-state index in [1.165, 1.54) is 0 Å². The number of anilines is 2. The molecule has 0 aliphatic carbocycles. The van der Waals surface area contributed by atoms with Crippen LogP contribution < -0.4 is 10.6 Å². The summed E-state index contributed by atoms with van der Waals surface area (Å²) in [7, 11) is 0. The third-order valence-electron chi connectivity index (χ3n) is 2.80. The molecule has 0 saturated heterocycles. The van der Waals surface area contributed by atoms with E-state index in [4.69, 9.17) is 23.2 Å². The number of amides is 2. The first-order valence-corrected chi connectivity index (χ1v) is 7.10. The fourth-order valence-corrected chi connectivity index (χ4v) is 1.97. The van der Waals surface area contributed by atoms with Crippen molar-refractivity contribution in [3.05, 3.63) is 40.0 Å². The Morgan fingerprint density at radius 3 is 2.52 bits per heavy atom. The summed E-state index contributed by atoms with van der Waals surface area (Å²) < 4.78 is 0. The standard InChI is InChI=1S/C14H16Cl2N4O/c1-14(2,3)11-7-12(20-19-11)18-13(21)17-10-6-8(15)4-5-9(10)16/h4-7H,1-3H3,(H3,17,18,19,20,21). The van der Waals surface area contributed by atoms with Gasteiger partial charge in [-0.1, -0.05) is 44.0 Å². The minimum absolute atomic E-state index is 0.0698. The number of nitrogens with one attached hydrogen (secondary N) is 3. The lowest BCUT2D eigenvalue weighted by Gasteiger charge is -2.14. The van der Waals surface area contributed by atoms with Gasteiger partial charge in [0.05, 0.1) is 10.7 Å². The van der Waals surface area contributed by atoms with Crippen molar-refractivity contribution in [3.8, 4) is 0 Å². The Morgan fingerprint density at radius 1 is 1.19 bits per heavy atom. The van der Waals surface area contributed by atoms with Crippen LogP contribution in [0, 0.1) is 0 Å². The summed E-state index contributed by atoms with van der Waals surface area (Å²) in [6, 6.07) is 6.20. The lowest BCUT2D eigenvalue weighted by molar-refractivity contribution is 0.262. The van der Waals surface area contributed by atoms with Crippen molar-refractivity contribution in [2.75, 3.05) is 10.6 Å². The summed E-state index contributed by atoms with van der Waals surface area (Å²) in [6.07, 6.45) is 0. The minimum Gasteiger partial charge on any atom is -0.306 e. The molecule has 1 heterocycles. The minimum atomic E-state index is -0.439. The van der Waals surface area contributed by atoms with E-state index in [9.17, 15) is 4.79 Å². The van der Waals surface area contributed by atoms with Crippen molar-refractivity contribution in [2.45, 2.75) is 26.2 Å². The maximum Gasteiger partial charge on any atom is 0.324 e. The second-order valence-electron chi connectivity index (χ2n) is 5.62. The van der Waals surface area contributed by atoms with Crippen LogP contribution in [0.5, 0.6) is 0 Å². The SMILES string of the molecule is CC(C)(C)c1cc(NC(=O)Nc2cc(Cl)ccc2Cl)n[nH]1. The molecule has 2 aromatic rings. The predicted molar refractivity (Wildman–Crippen MR) is 86.4 cm³/mol. The van der Waals surface area contributed by atoms with Gasteiger partial charge >= 0.3 is 6.03 Å². The third kappa shape index (κ3) is 4.12. The normalized spacial score (nSPS) is 11.3. The predicted octanol–water partition coefficient (Wildman–Crippen LogP) is 4.66. The number of hydrogen-bond donors (Lipinski definition) is 3. The molecule has 5 nitrogen and oxygen atoms in total. The highest BCUT2D eigenvalue weighted by atomic mass is 35.5. The number of halogens is 2. The Hall–Kier alpha value is -1.72. The first-order valence-electron chi connectivity index (χ1n) is 6.34. The fraction of sp³-hybridized carbons (Fsp3) is 0.286. The molecule has 2 rings (SSSR count).